The molecule has 0 aliphatic heterocycles. The Kier molecular flexibility index (Phi) is 5.41. The highest BCUT2D eigenvalue weighted by atomic mass is 79.9. The summed E-state index contributed by atoms with van der Waals surface area (Å²) in [4.78, 5) is 4.76. The zero-order chi connectivity index (χ0) is 18.6. The number of hydrogen-bond acceptors (Lipinski definition) is 3. The maximum atomic E-state index is 4.76. The molecule has 0 N–H and O–H groups in total. The van der Waals surface area contributed by atoms with E-state index in [4.69, 9.17) is 4.98 Å². The Morgan fingerprint density at radius 3 is 2.56 bits per heavy atom. The van der Waals surface area contributed by atoms with Crippen LogP contribution >= 0.6 is 27.7 Å². The lowest BCUT2D eigenvalue weighted by Crippen LogP contribution is -2.00. The molecule has 0 saturated carbocycles. The average Bonchev–Trinajstić information content (AvgIpc) is 3.10. The maximum Gasteiger partial charge on any atom is 0.209 e. The Hall–Kier alpha value is -2.37. The SMILES string of the molecule is C=CCn1nc(SCc2ccc3ccccc3c2)nc1-c1ccc(Br)cc1. The van der Waals surface area contributed by atoms with Gasteiger partial charge in [-0.2, -0.15) is 0 Å². The second kappa shape index (κ2) is 8.11. The summed E-state index contributed by atoms with van der Waals surface area (Å²) in [5.41, 5.74) is 2.31. The fourth-order valence-corrected chi connectivity index (χ4v) is 3.97. The number of benzene rings is 3. The van der Waals surface area contributed by atoms with Crippen LogP contribution in [0.4, 0.5) is 0 Å². The number of fused-ring (bicyclic) bond motifs is 1. The fourth-order valence-electron chi connectivity index (χ4n) is 2.92. The van der Waals surface area contributed by atoms with Gasteiger partial charge in [-0.25, -0.2) is 9.67 Å². The lowest BCUT2D eigenvalue weighted by molar-refractivity contribution is 0.687. The lowest BCUT2D eigenvalue weighted by Gasteiger charge is -2.02. The molecule has 0 amide bonds. The third-order valence-corrected chi connectivity index (χ3v) is 5.68. The number of allylic oxidation sites excluding steroid dienone is 1. The van der Waals surface area contributed by atoms with Crippen molar-refractivity contribution in [2.24, 2.45) is 0 Å². The minimum absolute atomic E-state index is 0.634. The van der Waals surface area contributed by atoms with Crippen molar-refractivity contribution < 1.29 is 0 Å². The molecule has 0 bridgehead atoms. The first-order valence-electron chi connectivity index (χ1n) is 8.65. The van der Waals surface area contributed by atoms with Crippen LogP contribution in [0.15, 0.2) is 89.0 Å². The molecule has 0 atom stereocenters. The van der Waals surface area contributed by atoms with E-state index in [1.54, 1.807) is 11.8 Å². The first-order chi connectivity index (χ1) is 13.2. The van der Waals surface area contributed by atoms with Crippen LogP contribution in [0.2, 0.25) is 0 Å². The summed E-state index contributed by atoms with van der Waals surface area (Å²) in [6.45, 7) is 4.47. The maximum absolute atomic E-state index is 4.76. The summed E-state index contributed by atoms with van der Waals surface area (Å²) in [6.07, 6.45) is 1.84. The van der Waals surface area contributed by atoms with Gasteiger partial charge in [-0.15, -0.1) is 11.7 Å². The molecule has 4 rings (SSSR count). The Labute approximate surface area is 171 Å². The van der Waals surface area contributed by atoms with E-state index in [1.165, 1.54) is 16.3 Å². The minimum Gasteiger partial charge on any atom is -0.241 e. The third kappa shape index (κ3) is 4.15. The molecule has 0 unspecified atom stereocenters. The van der Waals surface area contributed by atoms with Crippen LogP contribution in [0.3, 0.4) is 0 Å². The second-order valence-electron chi connectivity index (χ2n) is 6.17. The molecular formula is C22H18BrN3S. The highest BCUT2D eigenvalue weighted by Gasteiger charge is 2.12. The molecule has 134 valence electrons. The summed E-state index contributed by atoms with van der Waals surface area (Å²) in [7, 11) is 0. The zero-order valence-electron chi connectivity index (χ0n) is 14.7. The summed E-state index contributed by atoms with van der Waals surface area (Å²) in [5, 5.41) is 7.96. The lowest BCUT2D eigenvalue weighted by atomic mass is 10.1. The van der Waals surface area contributed by atoms with Gasteiger partial charge < -0.3 is 0 Å². The number of rotatable bonds is 6. The predicted molar refractivity (Wildman–Crippen MR) is 117 cm³/mol. The molecule has 0 spiro atoms. The van der Waals surface area contributed by atoms with Gasteiger partial charge in [0.25, 0.3) is 0 Å². The average molecular weight is 436 g/mol. The van der Waals surface area contributed by atoms with Crippen molar-refractivity contribution in [3.63, 3.8) is 0 Å². The van der Waals surface area contributed by atoms with E-state index in [9.17, 15) is 0 Å². The molecule has 27 heavy (non-hydrogen) atoms. The van der Waals surface area contributed by atoms with Crippen molar-refractivity contribution in [2.75, 3.05) is 0 Å². The number of halogens is 1. The molecule has 0 saturated heterocycles. The van der Waals surface area contributed by atoms with Crippen molar-refractivity contribution in [1.29, 1.82) is 0 Å². The molecule has 1 aromatic heterocycles. The van der Waals surface area contributed by atoms with E-state index >= 15 is 0 Å². The zero-order valence-corrected chi connectivity index (χ0v) is 17.1. The molecule has 0 aliphatic rings. The normalized spacial score (nSPS) is 11.0. The molecule has 3 nitrogen and oxygen atoms in total. The van der Waals surface area contributed by atoms with Crippen molar-refractivity contribution >= 4 is 38.5 Å². The van der Waals surface area contributed by atoms with E-state index in [1.807, 2.05) is 35.0 Å². The van der Waals surface area contributed by atoms with Crippen molar-refractivity contribution in [1.82, 2.24) is 14.8 Å². The van der Waals surface area contributed by atoms with Crippen LogP contribution in [-0.4, -0.2) is 14.8 Å². The fraction of sp³-hybridized carbons (Fsp3) is 0.0909. The van der Waals surface area contributed by atoms with Crippen LogP contribution in [0, 0.1) is 0 Å². The minimum atomic E-state index is 0.634. The van der Waals surface area contributed by atoms with Crippen molar-refractivity contribution in [3.8, 4) is 11.4 Å². The van der Waals surface area contributed by atoms with Crippen LogP contribution in [0.5, 0.6) is 0 Å². The highest BCUT2D eigenvalue weighted by molar-refractivity contribution is 9.10. The van der Waals surface area contributed by atoms with E-state index in [-0.39, 0.29) is 0 Å². The highest BCUT2D eigenvalue weighted by Crippen LogP contribution is 2.26. The first-order valence-corrected chi connectivity index (χ1v) is 10.4. The van der Waals surface area contributed by atoms with E-state index < -0.39 is 0 Å². The van der Waals surface area contributed by atoms with Gasteiger partial charge >= 0.3 is 0 Å². The molecule has 0 aliphatic carbocycles. The number of nitrogens with zero attached hydrogens (tertiary/aromatic N) is 3. The summed E-state index contributed by atoms with van der Waals surface area (Å²) in [6, 6.07) is 23.1. The van der Waals surface area contributed by atoms with E-state index in [0.29, 0.717) is 6.54 Å². The van der Waals surface area contributed by atoms with Gasteiger partial charge in [0.15, 0.2) is 5.82 Å². The molecule has 4 aromatic rings. The number of thioether (sulfide) groups is 1. The van der Waals surface area contributed by atoms with E-state index in [2.05, 4.69) is 70.1 Å². The Balaban J connectivity index is 1.57. The first kappa shape index (κ1) is 18.0. The number of hydrogen-bond donors (Lipinski definition) is 0. The molecule has 0 fully saturated rings. The van der Waals surface area contributed by atoms with Gasteiger partial charge in [-0.3, -0.25) is 0 Å². The molecule has 1 heterocycles. The standard InChI is InChI=1S/C22H18BrN3S/c1-2-13-26-21(18-9-11-20(23)12-10-18)24-22(25-26)27-15-16-7-8-17-5-3-4-6-19(17)14-16/h2-12,14H,1,13,15H2. The molecule has 3 aromatic carbocycles. The van der Waals surface area contributed by atoms with Crippen LogP contribution < -0.4 is 0 Å². The van der Waals surface area contributed by atoms with Crippen molar-refractivity contribution in [2.45, 2.75) is 17.5 Å². The van der Waals surface area contributed by atoms with Gasteiger partial charge in [-0.1, -0.05) is 88.4 Å². The van der Waals surface area contributed by atoms with Crippen LogP contribution in [0.25, 0.3) is 22.2 Å². The van der Waals surface area contributed by atoms with Crippen LogP contribution in [-0.2, 0) is 12.3 Å². The molecule has 5 heteroatoms. The molecular weight excluding hydrogens is 418 g/mol. The third-order valence-electron chi connectivity index (χ3n) is 4.24. The van der Waals surface area contributed by atoms with Gasteiger partial charge in [0.2, 0.25) is 5.16 Å². The van der Waals surface area contributed by atoms with E-state index in [0.717, 1.165) is 26.8 Å². The van der Waals surface area contributed by atoms with Crippen LogP contribution in [0.1, 0.15) is 5.56 Å². The Morgan fingerprint density at radius 2 is 1.78 bits per heavy atom. The van der Waals surface area contributed by atoms with Gasteiger partial charge in [-0.05, 0) is 28.5 Å². The largest absolute Gasteiger partial charge is 0.241 e. The Bertz CT molecular complexity index is 1090. The molecule has 0 radical (unpaired) electrons. The monoisotopic (exact) mass is 435 g/mol. The van der Waals surface area contributed by atoms with Gasteiger partial charge in [0.1, 0.15) is 0 Å². The van der Waals surface area contributed by atoms with Gasteiger partial charge in [0.05, 0.1) is 6.54 Å². The summed E-state index contributed by atoms with van der Waals surface area (Å²) in [5.74, 6) is 1.70. The number of aromatic nitrogens is 3. The summed E-state index contributed by atoms with van der Waals surface area (Å²) >= 11 is 5.13. The van der Waals surface area contributed by atoms with Gasteiger partial charge in [0, 0.05) is 15.8 Å². The smallest absolute Gasteiger partial charge is 0.209 e. The Morgan fingerprint density at radius 1 is 1.00 bits per heavy atom. The summed E-state index contributed by atoms with van der Waals surface area (Å²) < 4.78 is 2.95. The topological polar surface area (TPSA) is 30.7 Å². The quantitative estimate of drug-likeness (QED) is 0.261. The second-order valence-corrected chi connectivity index (χ2v) is 8.02. The predicted octanol–water partition coefficient (Wildman–Crippen LogP) is 6.34. The van der Waals surface area contributed by atoms with Crippen molar-refractivity contribution in [3.05, 3.63) is 89.4 Å².